The Morgan fingerprint density at radius 3 is 2.86 bits per heavy atom. The number of benzene rings is 1. The summed E-state index contributed by atoms with van der Waals surface area (Å²) in [4.78, 5) is 12.2. The van der Waals surface area contributed by atoms with Crippen LogP contribution in [0.1, 0.15) is 24.5 Å². The minimum atomic E-state index is -3.01. The summed E-state index contributed by atoms with van der Waals surface area (Å²) >= 11 is 0. The standard InChI is InChI=1S/C15H22N2O3S/c1-3-12-6-4-5-11(2)15(12)17-14(18)9-13-10-21(19,20)8-7-16-13/h4-6,13,16H,3,7-10H2,1-2H3,(H,17,18). The van der Waals surface area contributed by atoms with Gasteiger partial charge in [0.25, 0.3) is 0 Å². The van der Waals surface area contributed by atoms with E-state index in [0.29, 0.717) is 6.54 Å². The van der Waals surface area contributed by atoms with Gasteiger partial charge in [-0.15, -0.1) is 0 Å². The Morgan fingerprint density at radius 1 is 1.43 bits per heavy atom. The number of aryl methyl sites for hydroxylation is 2. The predicted molar refractivity (Wildman–Crippen MR) is 84.2 cm³/mol. The number of rotatable bonds is 4. The van der Waals surface area contributed by atoms with E-state index in [2.05, 4.69) is 10.6 Å². The maximum absolute atomic E-state index is 12.2. The average Bonchev–Trinajstić information content (AvgIpc) is 2.39. The first-order valence-electron chi connectivity index (χ1n) is 7.23. The van der Waals surface area contributed by atoms with Crippen molar-refractivity contribution in [2.75, 3.05) is 23.4 Å². The second-order valence-electron chi connectivity index (χ2n) is 5.48. The highest BCUT2D eigenvalue weighted by Gasteiger charge is 2.26. The molecule has 1 aliphatic heterocycles. The molecule has 0 spiro atoms. The molecule has 0 bridgehead atoms. The second-order valence-corrected chi connectivity index (χ2v) is 7.71. The molecule has 1 aromatic carbocycles. The summed E-state index contributed by atoms with van der Waals surface area (Å²) in [5.41, 5.74) is 2.96. The lowest BCUT2D eigenvalue weighted by molar-refractivity contribution is -0.116. The molecule has 1 fully saturated rings. The number of nitrogens with one attached hydrogen (secondary N) is 2. The molecule has 2 N–H and O–H groups in total. The third kappa shape index (κ3) is 4.28. The summed E-state index contributed by atoms with van der Waals surface area (Å²) in [7, 11) is -3.01. The highest BCUT2D eigenvalue weighted by Crippen LogP contribution is 2.21. The van der Waals surface area contributed by atoms with Crippen LogP contribution in [0.2, 0.25) is 0 Å². The average molecular weight is 310 g/mol. The molecule has 0 aliphatic carbocycles. The molecule has 1 amide bonds. The number of carbonyl (C=O) groups is 1. The summed E-state index contributed by atoms with van der Waals surface area (Å²) in [6.07, 6.45) is 1.02. The molecule has 116 valence electrons. The molecule has 1 aliphatic rings. The molecule has 1 atom stereocenters. The molecule has 6 heteroatoms. The molecule has 0 aromatic heterocycles. The highest BCUT2D eigenvalue weighted by atomic mass is 32.2. The Labute approximate surface area is 126 Å². The molecule has 1 aromatic rings. The van der Waals surface area contributed by atoms with Crippen molar-refractivity contribution >= 4 is 21.4 Å². The second kappa shape index (κ2) is 6.58. The zero-order valence-electron chi connectivity index (χ0n) is 12.5. The lowest BCUT2D eigenvalue weighted by Gasteiger charge is -2.23. The van der Waals surface area contributed by atoms with Crippen molar-refractivity contribution in [3.05, 3.63) is 29.3 Å². The molecule has 5 nitrogen and oxygen atoms in total. The van der Waals surface area contributed by atoms with E-state index in [0.717, 1.165) is 23.2 Å². The van der Waals surface area contributed by atoms with Crippen LogP contribution in [0.15, 0.2) is 18.2 Å². The van der Waals surface area contributed by atoms with Crippen molar-refractivity contribution < 1.29 is 13.2 Å². The molecular formula is C15H22N2O3S. The first kappa shape index (κ1) is 16.0. The Kier molecular flexibility index (Phi) is 5.00. The summed E-state index contributed by atoms with van der Waals surface area (Å²) in [6, 6.07) is 5.63. The lowest BCUT2D eigenvalue weighted by atomic mass is 10.1. The van der Waals surface area contributed by atoms with Gasteiger partial charge >= 0.3 is 0 Å². The van der Waals surface area contributed by atoms with Gasteiger partial charge in [-0.05, 0) is 24.5 Å². The fraction of sp³-hybridized carbons (Fsp3) is 0.533. The summed E-state index contributed by atoms with van der Waals surface area (Å²) < 4.78 is 23.2. The van der Waals surface area contributed by atoms with Gasteiger partial charge in [-0.2, -0.15) is 0 Å². The summed E-state index contributed by atoms with van der Waals surface area (Å²) in [5, 5.41) is 6.03. The number of hydrogen-bond donors (Lipinski definition) is 2. The SMILES string of the molecule is CCc1cccc(C)c1NC(=O)CC1CS(=O)(=O)CCN1. The fourth-order valence-corrected chi connectivity index (χ4v) is 4.06. The maximum atomic E-state index is 12.2. The Hall–Kier alpha value is -1.40. The van der Waals surface area contributed by atoms with E-state index in [-0.39, 0.29) is 29.9 Å². The monoisotopic (exact) mass is 310 g/mol. The zero-order valence-corrected chi connectivity index (χ0v) is 13.3. The van der Waals surface area contributed by atoms with Gasteiger partial charge in [-0.1, -0.05) is 25.1 Å². The van der Waals surface area contributed by atoms with Gasteiger partial charge in [0.15, 0.2) is 9.84 Å². The molecule has 0 saturated carbocycles. The molecule has 0 radical (unpaired) electrons. The highest BCUT2D eigenvalue weighted by molar-refractivity contribution is 7.91. The van der Waals surface area contributed by atoms with Crippen LogP contribution < -0.4 is 10.6 Å². The largest absolute Gasteiger partial charge is 0.326 e. The normalized spacial score (nSPS) is 21.0. The first-order chi connectivity index (χ1) is 9.91. The zero-order chi connectivity index (χ0) is 15.5. The van der Waals surface area contributed by atoms with Gasteiger partial charge in [-0.3, -0.25) is 4.79 Å². The van der Waals surface area contributed by atoms with Crippen LogP contribution in [-0.2, 0) is 21.1 Å². The number of carbonyl (C=O) groups excluding carboxylic acids is 1. The first-order valence-corrected chi connectivity index (χ1v) is 9.05. The van der Waals surface area contributed by atoms with Crippen molar-refractivity contribution in [3.63, 3.8) is 0 Å². The number of sulfone groups is 1. The molecule has 21 heavy (non-hydrogen) atoms. The van der Waals surface area contributed by atoms with Crippen LogP contribution in [0.3, 0.4) is 0 Å². The number of anilines is 1. The van der Waals surface area contributed by atoms with Crippen LogP contribution >= 0.6 is 0 Å². The smallest absolute Gasteiger partial charge is 0.225 e. The molecule has 1 heterocycles. The molecule has 1 unspecified atom stereocenters. The maximum Gasteiger partial charge on any atom is 0.225 e. The molecular weight excluding hydrogens is 288 g/mol. The number of hydrogen-bond acceptors (Lipinski definition) is 4. The third-order valence-corrected chi connectivity index (χ3v) is 5.47. The summed E-state index contributed by atoms with van der Waals surface area (Å²) in [6.45, 7) is 4.42. The quantitative estimate of drug-likeness (QED) is 0.878. The predicted octanol–water partition coefficient (Wildman–Crippen LogP) is 1.27. The van der Waals surface area contributed by atoms with Gasteiger partial charge in [-0.25, -0.2) is 8.42 Å². The van der Waals surface area contributed by atoms with Gasteiger partial charge in [0.1, 0.15) is 0 Å². The third-order valence-electron chi connectivity index (χ3n) is 3.74. The van der Waals surface area contributed by atoms with E-state index in [9.17, 15) is 13.2 Å². The topological polar surface area (TPSA) is 75.3 Å². The van der Waals surface area contributed by atoms with Crippen LogP contribution in [0.4, 0.5) is 5.69 Å². The van der Waals surface area contributed by atoms with Crippen molar-refractivity contribution in [1.82, 2.24) is 5.32 Å². The van der Waals surface area contributed by atoms with Crippen LogP contribution in [-0.4, -0.2) is 38.4 Å². The summed E-state index contributed by atoms with van der Waals surface area (Å²) in [5.74, 6) is 0.0474. The van der Waals surface area contributed by atoms with Gasteiger partial charge in [0.05, 0.1) is 11.5 Å². The Morgan fingerprint density at radius 2 is 2.19 bits per heavy atom. The van der Waals surface area contributed by atoms with Crippen molar-refractivity contribution in [1.29, 1.82) is 0 Å². The van der Waals surface area contributed by atoms with E-state index < -0.39 is 9.84 Å². The Balaban J connectivity index is 2.02. The van der Waals surface area contributed by atoms with E-state index in [4.69, 9.17) is 0 Å². The lowest BCUT2D eigenvalue weighted by Crippen LogP contribution is -2.46. The molecule has 2 rings (SSSR count). The minimum Gasteiger partial charge on any atom is -0.326 e. The number of para-hydroxylation sites is 1. The van der Waals surface area contributed by atoms with Crippen molar-refractivity contribution in [2.24, 2.45) is 0 Å². The Bertz CT molecular complexity index is 626. The van der Waals surface area contributed by atoms with E-state index in [1.165, 1.54) is 0 Å². The van der Waals surface area contributed by atoms with Crippen LogP contribution in [0.5, 0.6) is 0 Å². The molecule has 1 saturated heterocycles. The van der Waals surface area contributed by atoms with E-state index >= 15 is 0 Å². The van der Waals surface area contributed by atoms with Gasteiger partial charge in [0, 0.05) is 24.7 Å². The fourth-order valence-electron chi connectivity index (χ4n) is 2.61. The number of amides is 1. The van der Waals surface area contributed by atoms with Gasteiger partial charge < -0.3 is 10.6 Å². The van der Waals surface area contributed by atoms with E-state index in [1.807, 2.05) is 32.0 Å². The van der Waals surface area contributed by atoms with Crippen LogP contribution in [0, 0.1) is 6.92 Å². The van der Waals surface area contributed by atoms with Gasteiger partial charge in [0.2, 0.25) is 5.91 Å². The van der Waals surface area contributed by atoms with E-state index in [1.54, 1.807) is 0 Å². The van der Waals surface area contributed by atoms with Crippen molar-refractivity contribution in [3.8, 4) is 0 Å². The van der Waals surface area contributed by atoms with Crippen molar-refractivity contribution in [2.45, 2.75) is 32.7 Å². The van der Waals surface area contributed by atoms with Crippen LogP contribution in [0.25, 0.3) is 0 Å². The minimum absolute atomic E-state index is 0.0365.